The largest absolute Gasteiger partial charge is 0.294 e. The van der Waals surface area contributed by atoms with Crippen molar-refractivity contribution in [1.29, 1.82) is 5.53 Å². The van der Waals surface area contributed by atoms with Crippen molar-refractivity contribution in [1.82, 2.24) is 0 Å². The van der Waals surface area contributed by atoms with Crippen LogP contribution in [0, 0.1) is 5.53 Å². The summed E-state index contributed by atoms with van der Waals surface area (Å²) in [6.45, 7) is 0. The van der Waals surface area contributed by atoms with Crippen LogP contribution in [0.2, 0.25) is 0 Å². The fourth-order valence-electron chi connectivity index (χ4n) is 0.768. The Labute approximate surface area is 68.7 Å². The number of ketones is 1. The zero-order chi connectivity index (χ0) is 8.97. The normalized spacial score (nSPS) is 9.00. The average molecular weight is 162 g/mol. The first kappa shape index (κ1) is 8.26. The number of nitrogens with zero attached hydrogens (tertiary/aromatic N) is 1. The SMILES string of the molecule is N=Nc1ccc(C(=O)C=O)cc1. The van der Waals surface area contributed by atoms with Crippen molar-refractivity contribution in [2.75, 3.05) is 0 Å². The Kier molecular flexibility index (Phi) is 2.42. The Morgan fingerprint density at radius 2 is 1.92 bits per heavy atom. The van der Waals surface area contributed by atoms with Gasteiger partial charge in [-0.25, -0.2) is 5.53 Å². The fourth-order valence-corrected chi connectivity index (χ4v) is 0.768. The first-order valence-electron chi connectivity index (χ1n) is 3.25. The minimum Gasteiger partial charge on any atom is -0.294 e. The number of carbonyl (C=O) groups excluding carboxylic acids is 2. The molecule has 1 rings (SSSR count). The Balaban J connectivity index is 2.99. The summed E-state index contributed by atoms with van der Waals surface area (Å²) in [6, 6.07) is 5.93. The van der Waals surface area contributed by atoms with E-state index in [1.165, 1.54) is 24.3 Å². The summed E-state index contributed by atoms with van der Waals surface area (Å²) in [5.74, 6) is -0.563. The molecule has 0 spiro atoms. The molecule has 0 aliphatic carbocycles. The molecule has 0 atom stereocenters. The highest BCUT2D eigenvalue weighted by molar-refractivity contribution is 6.33. The van der Waals surface area contributed by atoms with Gasteiger partial charge in [0.1, 0.15) is 0 Å². The molecular weight excluding hydrogens is 156 g/mol. The third kappa shape index (κ3) is 1.60. The summed E-state index contributed by atoms with van der Waals surface area (Å²) < 4.78 is 0. The van der Waals surface area contributed by atoms with Crippen molar-refractivity contribution < 1.29 is 9.59 Å². The Bertz CT molecular complexity index is 316. The molecule has 0 amide bonds. The highest BCUT2D eigenvalue weighted by Gasteiger charge is 2.01. The van der Waals surface area contributed by atoms with E-state index in [-0.39, 0.29) is 6.29 Å². The predicted octanol–water partition coefficient (Wildman–Crippen LogP) is 1.73. The molecule has 12 heavy (non-hydrogen) atoms. The molecule has 1 aromatic rings. The molecular formula is C8H6N2O2. The van der Waals surface area contributed by atoms with Gasteiger partial charge in [0.15, 0.2) is 6.29 Å². The van der Waals surface area contributed by atoms with Gasteiger partial charge in [-0.1, -0.05) is 0 Å². The average Bonchev–Trinajstić information content (AvgIpc) is 2.17. The van der Waals surface area contributed by atoms with Crippen LogP contribution in [0.15, 0.2) is 29.4 Å². The van der Waals surface area contributed by atoms with Gasteiger partial charge in [-0.15, -0.1) is 0 Å². The van der Waals surface area contributed by atoms with Crippen LogP contribution < -0.4 is 0 Å². The highest BCUT2D eigenvalue weighted by Crippen LogP contribution is 2.11. The summed E-state index contributed by atoms with van der Waals surface area (Å²) in [7, 11) is 0. The van der Waals surface area contributed by atoms with Crippen molar-refractivity contribution in [2.24, 2.45) is 5.11 Å². The van der Waals surface area contributed by atoms with E-state index in [0.29, 0.717) is 11.3 Å². The lowest BCUT2D eigenvalue weighted by Gasteiger charge is -1.92. The van der Waals surface area contributed by atoms with E-state index < -0.39 is 5.78 Å². The van der Waals surface area contributed by atoms with Crippen LogP contribution in [0.3, 0.4) is 0 Å². The van der Waals surface area contributed by atoms with Gasteiger partial charge >= 0.3 is 0 Å². The van der Waals surface area contributed by atoms with Crippen molar-refractivity contribution in [3.8, 4) is 0 Å². The van der Waals surface area contributed by atoms with Crippen LogP contribution in [-0.2, 0) is 4.79 Å². The zero-order valence-corrected chi connectivity index (χ0v) is 6.15. The van der Waals surface area contributed by atoms with Gasteiger partial charge < -0.3 is 0 Å². The van der Waals surface area contributed by atoms with E-state index >= 15 is 0 Å². The van der Waals surface area contributed by atoms with Crippen LogP contribution >= 0.6 is 0 Å². The van der Waals surface area contributed by atoms with Crippen molar-refractivity contribution >= 4 is 17.8 Å². The first-order chi connectivity index (χ1) is 5.77. The summed E-state index contributed by atoms with van der Waals surface area (Å²) >= 11 is 0. The third-order valence-electron chi connectivity index (χ3n) is 1.39. The zero-order valence-electron chi connectivity index (χ0n) is 6.15. The third-order valence-corrected chi connectivity index (χ3v) is 1.39. The smallest absolute Gasteiger partial charge is 0.225 e. The van der Waals surface area contributed by atoms with Gasteiger partial charge in [0.2, 0.25) is 5.78 Å². The molecule has 0 saturated carbocycles. The molecule has 0 fully saturated rings. The Morgan fingerprint density at radius 3 is 2.33 bits per heavy atom. The van der Waals surface area contributed by atoms with Crippen LogP contribution in [-0.4, -0.2) is 12.1 Å². The first-order valence-corrected chi connectivity index (χ1v) is 3.25. The van der Waals surface area contributed by atoms with Crippen LogP contribution in [0.4, 0.5) is 5.69 Å². The van der Waals surface area contributed by atoms with Crippen molar-refractivity contribution in [2.45, 2.75) is 0 Å². The molecule has 1 aromatic carbocycles. The molecule has 0 aliphatic heterocycles. The van der Waals surface area contributed by atoms with Crippen LogP contribution in [0.1, 0.15) is 10.4 Å². The molecule has 0 heterocycles. The number of Topliss-reactive ketones (excluding diaryl/α,β-unsaturated/α-hetero) is 1. The Hall–Kier alpha value is -1.84. The molecule has 0 saturated heterocycles. The fraction of sp³-hybridized carbons (Fsp3) is 0. The lowest BCUT2D eigenvalue weighted by Crippen LogP contribution is -1.98. The van der Waals surface area contributed by atoms with E-state index in [2.05, 4.69) is 5.11 Å². The van der Waals surface area contributed by atoms with Gasteiger partial charge in [0, 0.05) is 5.56 Å². The highest BCUT2D eigenvalue weighted by atomic mass is 16.2. The number of aldehydes is 1. The van der Waals surface area contributed by atoms with E-state index in [4.69, 9.17) is 5.53 Å². The van der Waals surface area contributed by atoms with E-state index in [1.54, 1.807) is 0 Å². The molecule has 0 aliphatic rings. The number of carbonyl (C=O) groups is 2. The van der Waals surface area contributed by atoms with E-state index in [0.717, 1.165) is 0 Å². The lowest BCUT2D eigenvalue weighted by molar-refractivity contribution is -0.104. The summed E-state index contributed by atoms with van der Waals surface area (Å²) in [6.07, 6.45) is 0.257. The lowest BCUT2D eigenvalue weighted by atomic mass is 10.1. The maximum absolute atomic E-state index is 10.8. The topological polar surface area (TPSA) is 70.3 Å². The van der Waals surface area contributed by atoms with Crippen LogP contribution in [0.25, 0.3) is 0 Å². The Morgan fingerprint density at radius 1 is 1.33 bits per heavy atom. The van der Waals surface area contributed by atoms with Gasteiger partial charge in [-0.3, -0.25) is 9.59 Å². The number of rotatable bonds is 3. The molecule has 0 radical (unpaired) electrons. The minimum absolute atomic E-state index is 0.257. The molecule has 0 aromatic heterocycles. The molecule has 60 valence electrons. The van der Waals surface area contributed by atoms with Gasteiger partial charge in [0.05, 0.1) is 5.69 Å². The maximum atomic E-state index is 10.8. The number of benzene rings is 1. The number of hydrogen-bond donors (Lipinski definition) is 1. The predicted molar refractivity (Wildman–Crippen MR) is 41.6 cm³/mol. The quantitative estimate of drug-likeness (QED) is 0.318. The second kappa shape index (κ2) is 3.52. The summed E-state index contributed by atoms with van der Waals surface area (Å²) in [4.78, 5) is 20.8. The summed E-state index contributed by atoms with van der Waals surface area (Å²) in [5.41, 5.74) is 7.41. The second-order valence-corrected chi connectivity index (χ2v) is 2.14. The van der Waals surface area contributed by atoms with E-state index in [1.807, 2.05) is 0 Å². The van der Waals surface area contributed by atoms with Gasteiger partial charge in [0.25, 0.3) is 0 Å². The molecule has 4 nitrogen and oxygen atoms in total. The van der Waals surface area contributed by atoms with Crippen molar-refractivity contribution in [3.05, 3.63) is 29.8 Å². The standard InChI is InChI=1S/C8H6N2O2/c9-10-7-3-1-6(2-4-7)8(12)5-11/h1-5,9H. The number of hydrogen-bond acceptors (Lipinski definition) is 4. The number of nitrogens with one attached hydrogen (secondary N) is 1. The van der Waals surface area contributed by atoms with E-state index in [9.17, 15) is 9.59 Å². The monoisotopic (exact) mass is 162 g/mol. The van der Waals surface area contributed by atoms with Crippen molar-refractivity contribution in [3.63, 3.8) is 0 Å². The molecule has 0 bridgehead atoms. The molecule has 1 N–H and O–H groups in total. The van der Waals surface area contributed by atoms with Gasteiger partial charge in [-0.05, 0) is 24.3 Å². The van der Waals surface area contributed by atoms with Crippen LogP contribution in [0.5, 0.6) is 0 Å². The molecule has 4 heteroatoms. The summed E-state index contributed by atoms with van der Waals surface area (Å²) in [5, 5.41) is 3.15. The minimum atomic E-state index is -0.563. The maximum Gasteiger partial charge on any atom is 0.225 e. The van der Waals surface area contributed by atoms with Gasteiger partial charge in [-0.2, -0.15) is 5.11 Å². The molecule has 0 unspecified atom stereocenters. The second-order valence-electron chi connectivity index (χ2n) is 2.14.